The Morgan fingerprint density at radius 3 is 2.62 bits per heavy atom. The summed E-state index contributed by atoms with van der Waals surface area (Å²) in [5.74, 6) is 1.37. The zero-order valence-electron chi connectivity index (χ0n) is 13.0. The van der Waals surface area contributed by atoms with E-state index in [4.69, 9.17) is 5.73 Å². The number of rotatable bonds is 6. The summed E-state index contributed by atoms with van der Waals surface area (Å²) in [5, 5.41) is 3.23. The van der Waals surface area contributed by atoms with E-state index in [0.717, 1.165) is 12.5 Å². The minimum Gasteiger partial charge on any atom is -0.370 e. The number of nitrogens with one attached hydrogen (secondary N) is 1. The Morgan fingerprint density at radius 2 is 2.05 bits per heavy atom. The summed E-state index contributed by atoms with van der Waals surface area (Å²) in [7, 11) is 2.09. The monoisotopic (exact) mass is 402 g/mol. The smallest absolute Gasteiger partial charge is 0.188 e. The number of nitrogens with two attached hydrogens (primary N) is 1. The van der Waals surface area contributed by atoms with Crippen LogP contribution in [0.5, 0.6) is 0 Å². The fourth-order valence-electron chi connectivity index (χ4n) is 2.27. The molecule has 1 aliphatic carbocycles. The number of aliphatic imine (C=N–C) groups is 1. The van der Waals surface area contributed by atoms with Crippen molar-refractivity contribution in [1.29, 1.82) is 0 Å². The van der Waals surface area contributed by atoms with Crippen molar-refractivity contribution in [2.24, 2.45) is 16.6 Å². The highest BCUT2D eigenvalue weighted by Gasteiger charge is 2.17. The van der Waals surface area contributed by atoms with Gasteiger partial charge in [0.2, 0.25) is 0 Å². The molecule has 0 radical (unpaired) electrons. The van der Waals surface area contributed by atoms with E-state index in [1.165, 1.54) is 24.9 Å². The Balaban J connectivity index is 0.00000220. The van der Waals surface area contributed by atoms with Crippen LogP contribution in [0.15, 0.2) is 35.3 Å². The number of hydrogen-bond donors (Lipinski definition) is 2. The third-order valence-corrected chi connectivity index (χ3v) is 4.15. The van der Waals surface area contributed by atoms with Crippen LogP contribution in [0.4, 0.5) is 5.69 Å². The highest BCUT2D eigenvalue weighted by atomic mass is 127. The summed E-state index contributed by atoms with van der Waals surface area (Å²) in [4.78, 5) is 6.67. The molecule has 2 rings (SSSR count). The summed E-state index contributed by atoms with van der Waals surface area (Å²) in [6.07, 6.45) is 4.02. The lowest BCUT2D eigenvalue weighted by atomic mass is 9.85. The molecular formula is C16H27IN4. The highest BCUT2D eigenvalue weighted by Crippen LogP contribution is 2.24. The van der Waals surface area contributed by atoms with Gasteiger partial charge in [0.25, 0.3) is 0 Å². The predicted molar refractivity (Wildman–Crippen MR) is 102 cm³/mol. The van der Waals surface area contributed by atoms with Crippen LogP contribution in [-0.2, 0) is 0 Å². The Labute approximate surface area is 145 Å². The zero-order chi connectivity index (χ0) is 14.4. The third kappa shape index (κ3) is 5.73. The van der Waals surface area contributed by atoms with E-state index in [1.54, 1.807) is 0 Å². The number of anilines is 1. The molecule has 0 bridgehead atoms. The summed E-state index contributed by atoms with van der Waals surface area (Å²) >= 11 is 0. The predicted octanol–water partition coefficient (Wildman–Crippen LogP) is 2.83. The lowest BCUT2D eigenvalue weighted by Crippen LogP contribution is -2.39. The first-order valence-corrected chi connectivity index (χ1v) is 7.48. The number of nitrogens with zero attached hydrogens (tertiary/aromatic N) is 2. The van der Waals surface area contributed by atoms with Crippen LogP contribution in [0.2, 0.25) is 0 Å². The lowest BCUT2D eigenvalue weighted by molar-refractivity contribution is 0.315. The molecule has 21 heavy (non-hydrogen) atoms. The van der Waals surface area contributed by atoms with Gasteiger partial charge in [-0.15, -0.1) is 24.0 Å². The largest absolute Gasteiger partial charge is 0.370 e. The van der Waals surface area contributed by atoms with Crippen LogP contribution in [0.1, 0.15) is 26.2 Å². The number of para-hydroxylation sites is 1. The third-order valence-electron chi connectivity index (χ3n) is 4.15. The topological polar surface area (TPSA) is 53.6 Å². The first-order chi connectivity index (χ1) is 9.66. The first-order valence-electron chi connectivity index (χ1n) is 7.48. The maximum Gasteiger partial charge on any atom is 0.188 e. The van der Waals surface area contributed by atoms with Crippen LogP contribution >= 0.6 is 24.0 Å². The van der Waals surface area contributed by atoms with E-state index in [-0.39, 0.29) is 24.0 Å². The van der Waals surface area contributed by atoms with Gasteiger partial charge in [0.05, 0.1) is 6.54 Å². The van der Waals surface area contributed by atoms with Crippen LogP contribution in [0.3, 0.4) is 0 Å². The second kappa shape index (κ2) is 9.12. The van der Waals surface area contributed by atoms with Crippen molar-refractivity contribution in [3.05, 3.63) is 30.3 Å². The highest BCUT2D eigenvalue weighted by molar-refractivity contribution is 14.0. The molecule has 1 saturated carbocycles. The molecule has 0 saturated heterocycles. The summed E-state index contributed by atoms with van der Waals surface area (Å²) in [5.41, 5.74) is 7.11. The Kier molecular flexibility index (Phi) is 7.85. The molecule has 4 nitrogen and oxygen atoms in total. The number of benzene rings is 1. The summed E-state index contributed by atoms with van der Waals surface area (Å²) in [6.45, 7) is 3.84. The molecule has 0 aromatic heterocycles. The number of halogens is 1. The van der Waals surface area contributed by atoms with E-state index in [1.807, 2.05) is 6.07 Å². The molecule has 5 heteroatoms. The maximum absolute atomic E-state index is 5.91. The molecule has 0 amide bonds. The van der Waals surface area contributed by atoms with Crippen molar-refractivity contribution < 1.29 is 0 Å². The van der Waals surface area contributed by atoms with Crippen molar-refractivity contribution in [2.75, 3.05) is 25.0 Å². The summed E-state index contributed by atoms with van der Waals surface area (Å²) < 4.78 is 0. The average Bonchev–Trinajstić information content (AvgIpc) is 2.43. The fourth-order valence-corrected chi connectivity index (χ4v) is 2.27. The van der Waals surface area contributed by atoms with Gasteiger partial charge in [0.1, 0.15) is 0 Å². The molecular weight excluding hydrogens is 375 g/mol. The molecule has 1 unspecified atom stereocenters. The van der Waals surface area contributed by atoms with Crippen LogP contribution in [0.25, 0.3) is 0 Å². The van der Waals surface area contributed by atoms with Crippen LogP contribution in [0, 0.1) is 5.92 Å². The Bertz CT molecular complexity index is 431. The maximum atomic E-state index is 5.91. The number of likely N-dealkylation sites (N-methyl/N-ethyl adjacent to an activating group) is 1. The van der Waals surface area contributed by atoms with Crippen molar-refractivity contribution in [3.63, 3.8) is 0 Å². The molecule has 3 N–H and O–H groups in total. The molecule has 1 fully saturated rings. The van der Waals surface area contributed by atoms with E-state index in [2.05, 4.69) is 53.4 Å². The molecule has 1 aliphatic rings. The van der Waals surface area contributed by atoms with E-state index in [0.29, 0.717) is 18.5 Å². The van der Waals surface area contributed by atoms with Gasteiger partial charge in [0, 0.05) is 25.3 Å². The molecule has 0 heterocycles. The molecule has 0 aliphatic heterocycles. The molecule has 118 valence electrons. The zero-order valence-corrected chi connectivity index (χ0v) is 15.3. The van der Waals surface area contributed by atoms with Gasteiger partial charge in [0.15, 0.2) is 5.96 Å². The van der Waals surface area contributed by atoms with Crippen molar-refractivity contribution in [3.8, 4) is 0 Å². The molecule has 0 spiro atoms. The van der Waals surface area contributed by atoms with Crippen molar-refractivity contribution >= 4 is 35.6 Å². The molecule has 1 atom stereocenters. The standard InChI is InChI=1S/C16H26N4.HI/c1-13(20(2)15-9-4-3-5-10-15)11-18-16(17)19-12-14-7-6-8-14;/h3-5,9-10,13-14H,6-8,11-12H2,1-2H3,(H3,17,18,19);1H. The minimum absolute atomic E-state index is 0. The van der Waals surface area contributed by atoms with Gasteiger partial charge in [-0.05, 0) is 37.8 Å². The van der Waals surface area contributed by atoms with E-state index < -0.39 is 0 Å². The SMILES string of the molecule is CC(CN=C(N)NCC1CCC1)N(C)c1ccccc1.I. The van der Waals surface area contributed by atoms with Gasteiger partial charge in [-0.3, -0.25) is 4.99 Å². The second-order valence-corrected chi connectivity index (χ2v) is 5.70. The summed E-state index contributed by atoms with van der Waals surface area (Å²) in [6, 6.07) is 10.7. The van der Waals surface area contributed by atoms with Gasteiger partial charge >= 0.3 is 0 Å². The van der Waals surface area contributed by atoms with Gasteiger partial charge < -0.3 is 16.0 Å². The lowest BCUT2D eigenvalue weighted by Gasteiger charge is -2.27. The number of hydrogen-bond acceptors (Lipinski definition) is 2. The van der Waals surface area contributed by atoms with Crippen LogP contribution < -0.4 is 16.0 Å². The van der Waals surface area contributed by atoms with Gasteiger partial charge in [-0.25, -0.2) is 0 Å². The number of guanidine groups is 1. The van der Waals surface area contributed by atoms with Crippen molar-refractivity contribution in [1.82, 2.24) is 5.32 Å². The Hall–Kier alpha value is -0.980. The minimum atomic E-state index is 0. The molecule has 1 aromatic carbocycles. The second-order valence-electron chi connectivity index (χ2n) is 5.70. The first kappa shape index (κ1) is 18.1. The quantitative estimate of drug-likeness (QED) is 0.437. The van der Waals surface area contributed by atoms with E-state index >= 15 is 0 Å². The van der Waals surface area contributed by atoms with Gasteiger partial charge in [-0.1, -0.05) is 24.6 Å². The average molecular weight is 402 g/mol. The van der Waals surface area contributed by atoms with Crippen molar-refractivity contribution in [2.45, 2.75) is 32.2 Å². The normalized spacial score (nSPS) is 16.6. The Morgan fingerprint density at radius 1 is 1.38 bits per heavy atom. The van der Waals surface area contributed by atoms with Gasteiger partial charge in [-0.2, -0.15) is 0 Å². The van der Waals surface area contributed by atoms with Crippen LogP contribution in [-0.4, -0.2) is 32.1 Å². The molecule has 1 aromatic rings. The van der Waals surface area contributed by atoms with E-state index in [9.17, 15) is 0 Å². The fraction of sp³-hybridized carbons (Fsp3) is 0.562.